The molecule has 0 saturated heterocycles. The molecule has 5 heteroatoms. The molecular formula is C14H16ClNO3. The van der Waals surface area contributed by atoms with Crippen molar-refractivity contribution in [2.75, 3.05) is 7.11 Å². The number of hydrogen-bond donors (Lipinski definition) is 1. The predicted octanol–water partition coefficient (Wildman–Crippen LogP) is 2.42. The molecule has 1 aromatic rings. The van der Waals surface area contributed by atoms with Gasteiger partial charge in [-0.3, -0.25) is 4.79 Å². The SMILES string of the molecule is COC(=O)C(C)(C)NC(=O)/C=C/c1cccc(Cl)c1. The van der Waals surface area contributed by atoms with Crippen LogP contribution in [0.2, 0.25) is 5.02 Å². The van der Waals surface area contributed by atoms with Gasteiger partial charge in [0.25, 0.3) is 0 Å². The number of ether oxygens (including phenoxy) is 1. The number of benzene rings is 1. The average Bonchev–Trinajstić information content (AvgIpc) is 2.35. The maximum atomic E-state index is 11.7. The molecule has 0 unspecified atom stereocenters. The summed E-state index contributed by atoms with van der Waals surface area (Å²) >= 11 is 5.83. The lowest BCUT2D eigenvalue weighted by Gasteiger charge is -2.22. The Morgan fingerprint density at radius 3 is 2.63 bits per heavy atom. The van der Waals surface area contributed by atoms with Crippen molar-refractivity contribution in [3.8, 4) is 0 Å². The molecule has 0 atom stereocenters. The predicted molar refractivity (Wildman–Crippen MR) is 74.7 cm³/mol. The highest BCUT2D eigenvalue weighted by atomic mass is 35.5. The van der Waals surface area contributed by atoms with Crippen LogP contribution in [0.15, 0.2) is 30.3 Å². The van der Waals surface area contributed by atoms with Crippen LogP contribution in [0.1, 0.15) is 19.4 Å². The molecule has 0 heterocycles. The van der Waals surface area contributed by atoms with Crippen LogP contribution >= 0.6 is 11.6 Å². The first-order valence-electron chi connectivity index (χ1n) is 5.69. The number of halogens is 1. The topological polar surface area (TPSA) is 55.4 Å². The van der Waals surface area contributed by atoms with Crippen LogP contribution in [-0.2, 0) is 14.3 Å². The first-order valence-corrected chi connectivity index (χ1v) is 6.07. The highest BCUT2D eigenvalue weighted by molar-refractivity contribution is 6.30. The van der Waals surface area contributed by atoms with Gasteiger partial charge in [0, 0.05) is 11.1 Å². The number of carbonyl (C=O) groups excluding carboxylic acids is 2. The van der Waals surface area contributed by atoms with Crippen molar-refractivity contribution in [3.63, 3.8) is 0 Å². The van der Waals surface area contributed by atoms with E-state index >= 15 is 0 Å². The Morgan fingerprint density at radius 2 is 2.05 bits per heavy atom. The van der Waals surface area contributed by atoms with E-state index in [-0.39, 0.29) is 5.91 Å². The molecule has 0 radical (unpaired) electrons. The van der Waals surface area contributed by atoms with E-state index in [1.165, 1.54) is 13.2 Å². The number of hydrogen-bond acceptors (Lipinski definition) is 3. The van der Waals surface area contributed by atoms with Crippen molar-refractivity contribution in [1.82, 2.24) is 5.32 Å². The van der Waals surface area contributed by atoms with E-state index in [0.717, 1.165) is 5.56 Å². The highest BCUT2D eigenvalue weighted by Crippen LogP contribution is 2.12. The van der Waals surface area contributed by atoms with Gasteiger partial charge in [-0.25, -0.2) is 4.79 Å². The smallest absolute Gasteiger partial charge is 0.330 e. The summed E-state index contributed by atoms with van der Waals surface area (Å²) in [5, 5.41) is 3.15. The summed E-state index contributed by atoms with van der Waals surface area (Å²) in [5.41, 5.74) is -0.261. The Morgan fingerprint density at radius 1 is 1.37 bits per heavy atom. The molecule has 0 aromatic heterocycles. The van der Waals surface area contributed by atoms with E-state index in [0.29, 0.717) is 5.02 Å². The van der Waals surface area contributed by atoms with E-state index in [9.17, 15) is 9.59 Å². The maximum Gasteiger partial charge on any atom is 0.330 e. The third-order valence-electron chi connectivity index (χ3n) is 2.41. The molecule has 1 amide bonds. The number of esters is 1. The second-order valence-corrected chi connectivity index (χ2v) is 4.93. The lowest BCUT2D eigenvalue weighted by Crippen LogP contribution is -2.49. The van der Waals surface area contributed by atoms with Crippen LogP contribution in [0.25, 0.3) is 6.08 Å². The molecule has 0 bridgehead atoms. The molecule has 0 aliphatic heterocycles. The van der Waals surface area contributed by atoms with E-state index in [1.807, 2.05) is 6.07 Å². The largest absolute Gasteiger partial charge is 0.467 e. The zero-order chi connectivity index (χ0) is 14.5. The monoisotopic (exact) mass is 281 g/mol. The molecule has 102 valence electrons. The van der Waals surface area contributed by atoms with Gasteiger partial charge >= 0.3 is 5.97 Å². The van der Waals surface area contributed by atoms with Crippen molar-refractivity contribution >= 4 is 29.6 Å². The standard InChI is InChI=1S/C14H16ClNO3/c1-14(2,13(18)19-3)16-12(17)8-7-10-5-4-6-11(15)9-10/h4-9H,1-3H3,(H,16,17)/b8-7+. The van der Waals surface area contributed by atoms with Gasteiger partial charge in [0.15, 0.2) is 0 Å². The maximum absolute atomic E-state index is 11.7. The quantitative estimate of drug-likeness (QED) is 0.681. The summed E-state index contributed by atoms with van der Waals surface area (Å²) < 4.78 is 4.60. The van der Waals surface area contributed by atoms with Crippen LogP contribution in [0, 0.1) is 0 Å². The number of amides is 1. The fourth-order valence-electron chi connectivity index (χ4n) is 1.44. The number of nitrogens with one attached hydrogen (secondary N) is 1. The van der Waals surface area contributed by atoms with Crippen molar-refractivity contribution in [3.05, 3.63) is 40.9 Å². The Hall–Kier alpha value is -1.81. The fourth-order valence-corrected chi connectivity index (χ4v) is 1.64. The number of methoxy groups -OCH3 is 1. The van der Waals surface area contributed by atoms with Gasteiger partial charge in [-0.2, -0.15) is 0 Å². The van der Waals surface area contributed by atoms with Gasteiger partial charge in [-0.05, 0) is 37.6 Å². The van der Waals surface area contributed by atoms with Crippen molar-refractivity contribution in [2.45, 2.75) is 19.4 Å². The normalized spacial score (nSPS) is 11.4. The van der Waals surface area contributed by atoms with Crippen molar-refractivity contribution in [1.29, 1.82) is 0 Å². The molecule has 1 N–H and O–H groups in total. The molecular weight excluding hydrogens is 266 g/mol. The molecule has 0 aliphatic carbocycles. The zero-order valence-electron chi connectivity index (χ0n) is 11.1. The Balaban J connectivity index is 2.68. The lowest BCUT2D eigenvalue weighted by atomic mass is 10.1. The van der Waals surface area contributed by atoms with Crippen LogP contribution in [0.3, 0.4) is 0 Å². The summed E-state index contributed by atoms with van der Waals surface area (Å²) in [6.07, 6.45) is 2.96. The van der Waals surface area contributed by atoms with E-state index < -0.39 is 11.5 Å². The Bertz CT molecular complexity index is 509. The number of rotatable bonds is 4. The van der Waals surface area contributed by atoms with Gasteiger partial charge in [0.1, 0.15) is 5.54 Å². The summed E-state index contributed by atoms with van der Waals surface area (Å²) in [7, 11) is 1.28. The van der Waals surface area contributed by atoms with Gasteiger partial charge in [0.2, 0.25) is 5.91 Å². The third-order valence-corrected chi connectivity index (χ3v) is 2.64. The minimum Gasteiger partial charge on any atom is -0.467 e. The van der Waals surface area contributed by atoms with Gasteiger partial charge in [0.05, 0.1) is 7.11 Å². The first-order chi connectivity index (χ1) is 8.85. The number of carbonyl (C=O) groups is 2. The molecule has 0 aliphatic rings. The van der Waals surface area contributed by atoms with Crippen LogP contribution in [-0.4, -0.2) is 24.5 Å². The average molecular weight is 282 g/mol. The Labute approximate surface area is 117 Å². The Kier molecular flexibility index (Phi) is 5.12. The summed E-state index contributed by atoms with van der Waals surface area (Å²) in [6.45, 7) is 3.15. The second kappa shape index (κ2) is 6.38. The van der Waals surface area contributed by atoms with Crippen LogP contribution in [0.5, 0.6) is 0 Å². The van der Waals surface area contributed by atoms with E-state index in [1.54, 1.807) is 38.1 Å². The van der Waals surface area contributed by atoms with Crippen molar-refractivity contribution < 1.29 is 14.3 Å². The van der Waals surface area contributed by atoms with Crippen LogP contribution in [0.4, 0.5) is 0 Å². The molecule has 1 rings (SSSR count). The van der Waals surface area contributed by atoms with Crippen LogP contribution < -0.4 is 5.32 Å². The van der Waals surface area contributed by atoms with E-state index in [2.05, 4.69) is 10.1 Å². The van der Waals surface area contributed by atoms with Gasteiger partial charge in [-0.15, -0.1) is 0 Å². The molecule has 1 aromatic carbocycles. The van der Waals surface area contributed by atoms with Gasteiger partial charge < -0.3 is 10.1 Å². The summed E-state index contributed by atoms with van der Waals surface area (Å²) in [5.74, 6) is -0.882. The summed E-state index contributed by atoms with van der Waals surface area (Å²) in [6, 6.07) is 7.09. The first kappa shape index (κ1) is 15.2. The van der Waals surface area contributed by atoms with E-state index in [4.69, 9.17) is 11.6 Å². The summed E-state index contributed by atoms with van der Waals surface area (Å²) in [4.78, 5) is 23.1. The molecule has 19 heavy (non-hydrogen) atoms. The van der Waals surface area contributed by atoms with Crippen molar-refractivity contribution in [2.24, 2.45) is 0 Å². The third kappa shape index (κ3) is 4.75. The molecule has 0 saturated carbocycles. The van der Waals surface area contributed by atoms with Gasteiger partial charge in [-0.1, -0.05) is 23.7 Å². The minimum atomic E-state index is -1.06. The highest BCUT2D eigenvalue weighted by Gasteiger charge is 2.29. The lowest BCUT2D eigenvalue weighted by molar-refractivity contribution is -0.148. The zero-order valence-corrected chi connectivity index (χ0v) is 11.8. The fraction of sp³-hybridized carbons (Fsp3) is 0.286. The molecule has 0 fully saturated rings. The second-order valence-electron chi connectivity index (χ2n) is 4.49. The molecule has 4 nitrogen and oxygen atoms in total. The molecule has 0 spiro atoms. The minimum absolute atomic E-state index is 0.379.